The first-order valence-corrected chi connectivity index (χ1v) is 5.34. The maximum atomic E-state index is 11.1. The Bertz CT molecular complexity index is 504. The summed E-state index contributed by atoms with van der Waals surface area (Å²) >= 11 is 0. The predicted molar refractivity (Wildman–Crippen MR) is 66.1 cm³/mol. The molecule has 0 unspecified atom stereocenters. The van der Waals surface area contributed by atoms with Crippen LogP contribution in [0.25, 0.3) is 0 Å². The first kappa shape index (κ1) is 13.2. The zero-order valence-electron chi connectivity index (χ0n) is 10.8. The van der Waals surface area contributed by atoms with E-state index >= 15 is 0 Å². The van der Waals surface area contributed by atoms with Crippen molar-refractivity contribution in [3.63, 3.8) is 0 Å². The van der Waals surface area contributed by atoms with E-state index < -0.39 is 5.97 Å². The molecule has 1 aromatic rings. The molecule has 0 fully saturated rings. The Balaban J connectivity index is 3.61. The highest BCUT2D eigenvalue weighted by atomic mass is 16.5. The van der Waals surface area contributed by atoms with E-state index in [2.05, 4.69) is 0 Å². The van der Waals surface area contributed by atoms with Crippen molar-refractivity contribution in [3.8, 4) is 11.5 Å². The van der Waals surface area contributed by atoms with Gasteiger partial charge in [0.1, 0.15) is 11.5 Å². The number of carbonyl (C=O) groups is 1. The molecule has 0 heterocycles. The molecule has 0 spiro atoms. The number of phenols is 1. The van der Waals surface area contributed by atoms with Gasteiger partial charge in [-0.2, -0.15) is 0 Å². The highest BCUT2D eigenvalue weighted by molar-refractivity contribution is 6.01. The molecule has 0 amide bonds. The van der Waals surface area contributed by atoms with Gasteiger partial charge in [-0.1, -0.05) is 0 Å². The van der Waals surface area contributed by atoms with E-state index in [4.69, 9.17) is 10.1 Å². The largest absolute Gasteiger partial charge is 0.507 e. The molecule has 0 aromatic heterocycles. The van der Waals surface area contributed by atoms with Crippen molar-refractivity contribution in [2.24, 2.45) is 0 Å². The summed E-state index contributed by atoms with van der Waals surface area (Å²) in [5, 5.41) is 17.7. The first-order chi connectivity index (χ1) is 7.77. The third-order valence-electron chi connectivity index (χ3n) is 2.83. The number of hydrogen-bond acceptors (Lipinski definition) is 4. The summed E-state index contributed by atoms with van der Waals surface area (Å²) in [6, 6.07) is 0. The summed E-state index contributed by atoms with van der Waals surface area (Å²) in [7, 11) is 0. The zero-order chi connectivity index (χ0) is 13.3. The van der Waals surface area contributed by atoms with Crippen LogP contribution in [0, 0.1) is 26.2 Å². The molecule has 0 saturated heterocycles. The van der Waals surface area contributed by atoms with Gasteiger partial charge in [0, 0.05) is 23.8 Å². The Labute approximate surface area is 101 Å². The van der Waals surface area contributed by atoms with Crippen LogP contribution in [0.4, 0.5) is 0 Å². The summed E-state index contributed by atoms with van der Waals surface area (Å²) in [5.41, 5.74) is 2.66. The Kier molecular flexibility index (Phi) is 3.56. The smallest absolute Gasteiger partial charge is 0.308 e. The van der Waals surface area contributed by atoms with E-state index in [1.54, 1.807) is 27.7 Å². The lowest BCUT2D eigenvalue weighted by atomic mass is 9.95. The Hall–Kier alpha value is -1.84. The van der Waals surface area contributed by atoms with Gasteiger partial charge in [0.05, 0.1) is 0 Å². The summed E-state index contributed by atoms with van der Waals surface area (Å²) in [6.45, 7) is 8.18. The summed E-state index contributed by atoms with van der Waals surface area (Å²) < 4.78 is 5.16. The number of nitrogens with one attached hydrogen (secondary N) is 1. The highest BCUT2D eigenvalue weighted by Gasteiger charge is 2.19. The molecule has 0 aliphatic heterocycles. The maximum Gasteiger partial charge on any atom is 0.308 e. The molecule has 4 heteroatoms. The second-order valence-electron chi connectivity index (χ2n) is 4.15. The van der Waals surface area contributed by atoms with Crippen LogP contribution in [0.1, 0.15) is 36.1 Å². The first-order valence-electron chi connectivity index (χ1n) is 5.34. The van der Waals surface area contributed by atoms with Crippen molar-refractivity contribution >= 4 is 11.7 Å². The molecule has 17 heavy (non-hydrogen) atoms. The van der Waals surface area contributed by atoms with Gasteiger partial charge < -0.3 is 15.3 Å². The molecule has 0 aliphatic carbocycles. The minimum atomic E-state index is -0.408. The summed E-state index contributed by atoms with van der Waals surface area (Å²) in [5.74, 6) is 0.118. The minimum absolute atomic E-state index is 0.0865. The van der Waals surface area contributed by atoms with Crippen LogP contribution < -0.4 is 4.74 Å². The second kappa shape index (κ2) is 4.57. The van der Waals surface area contributed by atoms with Crippen molar-refractivity contribution in [1.82, 2.24) is 0 Å². The van der Waals surface area contributed by atoms with Crippen LogP contribution in [0.15, 0.2) is 0 Å². The normalized spacial score (nSPS) is 10.2. The van der Waals surface area contributed by atoms with Crippen LogP contribution in [-0.2, 0) is 4.79 Å². The van der Waals surface area contributed by atoms with Crippen molar-refractivity contribution in [2.45, 2.75) is 34.6 Å². The van der Waals surface area contributed by atoms with Crippen LogP contribution in [0.3, 0.4) is 0 Å². The molecular formula is C13H17NO3. The molecule has 0 bridgehead atoms. The standard InChI is InChI=1S/C13H17NO3/c1-6-7(2)13(17-10(5)15)8(3)11(9(4)14)12(6)16/h14,16H,1-5H3. The molecule has 0 radical (unpaired) electrons. The minimum Gasteiger partial charge on any atom is -0.507 e. The van der Waals surface area contributed by atoms with Gasteiger partial charge in [-0.05, 0) is 38.8 Å². The lowest BCUT2D eigenvalue weighted by molar-refractivity contribution is -0.131. The maximum absolute atomic E-state index is 11.1. The van der Waals surface area contributed by atoms with Gasteiger partial charge in [0.2, 0.25) is 0 Å². The monoisotopic (exact) mass is 235 g/mol. The van der Waals surface area contributed by atoms with Gasteiger partial charge in [0.15, 0.2) is 0 Å². The predicted octanol–water partition coefficient (Wildman–Crippen LogP) is 2.63. The number of ether oxygens (including phenoxy) is 1. The van der Waals surface area contributed by atoms with E-state index in [1.165, 1.54) is 6.92 Å². The number of carbonyl (C=O) groups excluding carboxylic acids is 1. The van der Waals surface area contributed by atoms with Crippen LogP contribution in [0.5, 0.6) is 11.5 Å². The quantitative estimate of drug-likeness (QED) is 0.470. The van der Waals surface area contributed by atoms with Crippen molar-refractivity contribution in [3.05, 3.63) is 22.3 Å². The van der Waals surface area contributed by atoms with E-state index in [0.29, 0.717) is 22.4 Å². The van der Waals surface area contributed by atoms with E-state index in [9.17, 15) is 9.90 Å². The van der Waals surface area contributed by atoms with Crippen molar-refractivity contribution in [2.75, 3.05) is 0 Å². The van der Waals surface area contributed by atoms with E-state index in [0.717, 1.165) is 5.56 Å². The number of aromatic hydroxyl groups is 1. The molecule has 0 saturated carbocycles. The van der Waals surface area contributed by atoms with E-state index in [-0.39, 0.29) is 11.5 Å². The molecule has 1 aromatic carbocycles. The fraction of sp³-hybridized carbons (Fsp3) is 0.385. The van der Waals surface area contributed by atoms with Gasteiger partial charge in [-0.15, -0.1) is 0 Å². The Morgan fingerprint density at radius 3 is 2.06 bits per heavy atom. The topological polar surface area (TPSA) is 70.4 Å². The molecule has 92 valence electrons. The highest BCUT2D eigenvalue weighted by Crippen LogP contribution is 2.37. The lowest BCUT2D eigenvalue weighted by Crippen LogP contribution is -2.09. The van der Waals surface area contributed by atoms with Gasteiger partial charge >= 0.3 is 5.97 Å². The van der Waals surface area contributed by atoms with Crippen molar-refractivity contribution in [1.29, 1.82) is 5.41 Å². The molecule has 1 rings (SSSR count). The number of esters is 1. The fourth-order valence-electron chi connectivity index (χ4n) is 1.86. The van der Waals surface area contributed by atoms with Crippen molar-refractivity contribution < 1.29 is 14.6 Å². The Morgan fingerprint density at radius 2 is 1.65 bits per heavy atom. The molecule has 0 atom stereocenters. The number of benzene rings is 1. The van der Waals surface area contributed by atoms with Crippen LogP contribution >= 0.6 is 0 Å². The fourth-order valence-corrected chi connectivity index (χ4v) is 1.86. The SMILES string of the molecule is CC(=N)c1c(C)c(OC(C)=O)c(C)c(C)c1O. The van der Waals surface area contributed by atoms with Crippen LogP contribution in [0.2, 0.25) is 0 Å². The summed E-state index contributed by atoms with van der Waals surface area (Å²) in [6.07, 6.45) is 0. The van der Waals surface area contributed by atoms with Crippen LogP contribution in [-0.4, -0.2) is 16.8 Å². The van der Waals surface area contributed by atoms with Gasteiger partial charge in [0.25, 0.3) is 0 Å². The zero-order valence-corrected chi connectivity index (χ0v) is 10.8. The molecule has 2 N–H and O–H groups in total. The van der Waals surface area contributed by atoms with Gasteiger partial charge in [-0.25, -0.2) is 0 Å². The average molecular weight is 235 g/mol. The Morgan fingerprint density at radius 1 is 1.12 bits per heavy atom. The number of hydrogen-bond donors (Lipinski definition) is 2. The third kappa shape index (κ3) is 2.30. The second-order valence-corrected chi connectivity index (χ2v) is 4.15. The molecule has 0 aliphatic rings. The summed E-state index contributed by atoms with van der Waals surface area (Å²) in [4.78, 5) is 11.1. The lowest BCUT2D eigenvalue weighted by Gasteiger charge is -2.17. The third-order valence-corrected chi connectivity index (χ3v) is 2.83. The van der Waals surface area contributed by atoms with E-state index in [1.807, 2.05) is 0 Å². The average Bonchev–Trinajstić information content (AvgIpc) is 2.21. The van der Waals surface area contributed by atoms with Gasteiger partial charge in [-0.3, -0.25) is 4.79 Å². The molecule has 4 nitrogen and oxygen atoms in total. The molecular weight excluding hydrogens is 218 g/mol. The number of phenolic OH excluding ortho intramolecular Hbond substituents is 1. The number of rotatable bonds is 2.